The Kier molecular flexibility index (Phi) is 3.89. The van der Waals surface area contributed by atoms with Crippen molar-refractivity contribution >= 4 is 17.2 Å². The molecule has 1 aromatic heterocycles. The lowest BCUT2D eigenvalue weighted by molar-refractivity contribution is -0.126. The second-order valence-electron chi connectivity index (χ2n) is 5.81. The van der Waals surface area contributed by atoms with Crippen molar-refractivity contribution in [2.75, 3.05) is 6.54 Å². The van der Waals surface area contributed by atoms with Gasteiger partial charge >= 0.3 is 0 Å². The smallest absolute Gasteiger partial charge is 0.223 e. The van der Waals surface area contributed by atoms with E-state index < -0.39 is 0 Å². The van der Waals surface area contributed by atoms with E-state index in [-0.39, 0.29) is 11.8 Å². The van der Waals surface area contributed by atoms with Crippen LogP contribution in [0, 0.1) is 5.92 Å². The fraction of sp³-hybridized carbons (Fsp3) is 0.667. The summed E-state index contributed by atoms with van der Waals surface area (Å²) >= 11 is 1.88. The quantitative estimate of drug-likeness (QED) is 0.890. The molecule has 2 unspecified atom stereocenters. The average molecular weight is 278 g/mol. The summed E-state index contributed by atoms with van der Waals surface area (Å²) in [7, 11) is 0. The molecule has 1 aliphatic heterocycles. The number of hydrogen-bond acceptors (Lipinski definition) is 3. The van der Waals surface area contributed by atoms with Gasteiger partial charge in [-0.25, -0.2) is 0 Å². The predicted octanol–water partition coefficient (Wildman–Crippen LogP) is 2.24. The number of carbonyl (C=O) groups excluding carboxylic acids is 1. The number of piperidine rings is 1. The van der Waals surface area contributed by atoms with Gasteiger partial charge in [0.25, 0.3) is 0 Å². The van der Waals surface area contributed by atoms with E-state index in [1.165, 1.54) is 29.7 Å². The summed E-state index contributed by atoms with van der Waals surface area (Å²) in [4.78, 5) is 15.0. The first-order valence-electron chi connectivity index (χ1n) is 7.34. The molecule has 2 N–H and O–H groups in total. The van der Waals surface area contributed by atoms with Crippen molar-refractivity contribution in [3.05, 3.63) is 21.4 Å². The van der Waals surface area contributed by atoms with E-state index in [1.54, 1.807) is 4.88 Å². The van der Waals surface area contributed by atoms with Gasteiger partial charge in [0.15, 0.2) is 0 Å². The Labute approximate surface area is 118 Å². The fourth-order valence-corrected chi connectivity index (χ4v) is 4.37. The molecule has 1 saturated heterocycles. The molecular formula is C15H22N2OS. The topological polar surface area (TPSA) is 41.1 Å². The summed E-state index contributed by atoms with van der Waals surface area (Å²) in [6.07, 6.45) is 5.70. The highest BCUT2D eigenvalue weighted by molar-refractivity contribution is 7.12. The molecule has 3 rings (SSSR count). The zero-order valence-corrected chi connectivity index (χ0v) is 12.3. The maximum Gasteiger partial charge on any atom is 0.223 e. The third-order valence-electron chi connectivity index (χ3n) is 4.23. The monoisotopic (exact) mass is 278 g/mol. The molecule has 2 aliphatic rings. The zero-order valence-electron chi connectivity index (χ0n) is 11.5. The SMILES string of the molecule is CC1CC(C(=O)NCc2cc3c(s2)CCC3)CCN1. The van der Waals surface area contributed by atoms with E-state index in [2.05, 4.69) is 23.6 Å². The molecule has 1 aromatic rings. The molecule has 2 heterocycles. The number of rotatable bonds is 3. The Bertz CT molecular complexity index is 447. The molecule has 3 nitrogen and oxygen atoms in total. The van der Waals surface area contributed by atoms with E-state index >= 15 is 0 Å². The number of thiophene rings is 1. The van der Waals surface area contributed by atoms with Crippen LogP contribution in [0.4, 0.5) is 0 Å². The van der Waals surface area contributed by atoms with Gasteiger partial charge < -0.3 is 10.6 Å². The highest BCUT2D eigenvalue weighted by Gasteiger charge is 2.24. The van der Waals surface area contributed by atoms with Crippen LogP contribution in [0.15, 0.2) is 6.07 Å². The minimum atomic E-state index is 0.197. The highest BCUT2D eigenvalue weighted by atomic mass is 32.1. The molecule has 0 spiro atoms. The Morgan fingerprint density at radius 1 is 1.53 bits per heavy atom. The highest BCUT2D eigenvalue weighted by Crippen LogP contribution is 2.30. The Hall–Kier alpha value is -0.870. The first kappa shape index (κ1) is 13.1. The summed E-state index contributed by atoms with van der Waals surface area (Å²) in [6, 6.07) is 2.76. The maximum atomic E-state index is 12.2. The van der Waals surface area contributed by atoms with Gasteiger partial charge in [0.1, 0.15) is 0 Å². The Morgan fingerprint density at radius 3 is 3.21 bits per heavy atom. The van der Waals surface area contributed by atoms with Gasteiger partial charge in [-0.05, 0) is 57.2 Å². The summed E-state index contributed by atoms with van der Waals surface area (Å²) in [5.74, 6) is 0.435. The fourth-order valence-electron chi connectivity index (χ4n) is 3.17. The summed E-state index contributed by atoms with van der Waals surface area (Å²) in [6.45, 7) is 3.84. The Morgan fingerprint density at radius 2 is 2.42 bits per heavy atom. The van der Waals surface area contributed by atoms with Crippen LogP contribution in [0.25, 0.3) is 0 Å². The maximum absolute atomic E-state index is 12.2. The van der Waals surface area contributed by atoms with Crippen LogP contribution >= 0.6 is 11.3 Å². The average Bonchev–Trinajstić information content (AvgIpc) is 2.96. The van der Waals surface area contributed by atoms with E-state index in [9.17, 15) is 4.79 Å². The summed E-state index contributed by atoms with van der Waals surface area (Å²) in [5.41, 5.74) is 1.52. The van der Waals surface area contributed by atoms with Crippen molar-refractivity contribution in [2.24, 2.45) is 5.92 Å². The van der Waals surface area contributed by atoms with Crippen molar-refractivity contribution in [1.29, 1.82) is 0 Å². The minimum Gasteiger partial charge on any atom is -0.351 e. The lowest BCUT2D eigenvalue weighted by Gasteiger charge is -2.27. The van der Waals surface area contributed by atoms with E-state index in [0.29, 0.717) is 6.04 Å². The van der Waals surface area contributed by atoms with Crippen molar-refractivity contribution in [2.45, 2.75) is 51.6 Å². The minimum absolute atomic E-state index is 0.197. The third-order valence-corrected chi connectivity index (χ3v) is 5.47. The molecule has 2 atom stereocenters. The number of amides is 1. The van der Waals surface area contributed by atoms with Crippen molar-refractivity contribution in [3.8, 4) is 0 Å². The molecule has 0 aromatic carbocycles. The number of carbonyl (C=O) groups is 1. The van der Waals surface area contributed by atoms with Gasteiger partial charge in [-0.1, -0.05) is 0 Å². The first-order valence-corrected chi connectivity index (χ1v) is 8.15. The second-order valence-corrected chi connectivity index (χ2v) is 7.03. The second kappa shape index (κ2) is 5.63. The lowest BCUT2D eigenvalue weighted by Crippen LogP contribution is -2.42. The normalized spacial score (nSPS) is 26.2. The molecule has 1 aliphatic carbocycles. The van der Waals surface area contributed by atoms with E-state index in [4.69, 9.17) is 0 Å². The van der Waals surface area contributed by atoms with Crippen LogP contribution in [0.3, 0.4) is 0 Å². The van der Waals surface area contributed by atoms with Gasteiger partial charge in [0.2, 0.25) is 5.91 Å². The van der Waals surface area contributed by atoms with Crippen LogP contribution in [-0.4, -0.2) is 18.5 Å². The van der Waals surface area contributed by atoms with Gasteiger partial charge in [-0.3, -0.25) is 4.79 Å². The van der Waals surface area contributed by atoms with E-state index in [1.807, 2.05) is 11.3 Å². The Balaban J connectivity index is 1.52. The molecule has 1 amide bonds. The molecule has 0 radical (unpaired) electrons. The predicted molar refractivity (Wildman–Crippen MR) is 78.4 cm³/mol. The van der Waals surface area contributed by atoms with Gasteiger partial charge in [-0.15, -0.1) is 11.3 Å². The van der Waals surface area contributed by atoms with E-state index in [0.717, 1.165) is 25.9 Å². The van der Waals surface area contributed by atoms with Crippen LogP contribution < -0.4 is 10.6 Å². The zero-order chi connectivity index (χ0) is 13.2. The van der Waals surface area contributed by atoms with Gasteiger partial charge in [-0.2, -0.15) is 0 Å². The van der Waals surface area contributed by atoms with Crippen LogP contribution in [0.2, 0.25) is 0 Å². The lowest BCUT2D eigenvalue weighted by atomic mass is 9.92. The standard InChI is InChI=1S/C15H22N2OS/c1-10-7-12(5-6-16-10)15(18)17-9-13-8-11-3-2-4-14(11)19-13/h8,10,12,16H,2-7,9H2,1H3,(H,17,18). The molecule has 1 fully saturated rings. The largest absolute Gasteiger partial charge is 0.351 e. The molecular weight excluding hydrogens is 256 g/mol. The third kappa shape index (κ3) is 3.00. The summed E-state index contributed by atoms with van der Waals surface area (Å²) < 4.78 is 0. The molecule has 0 saturated carbocycles. The molecule has 4 heteroatoms. The first-order chi connectivity index (χ1) is 9.22. The van der Waals surface area contributed by atoms with Gasteiger partial charge in [0, 0.05) is 21.7 Å². The van der Waals surface area contributed by atoms with Crippen LogP contribution in [0.5, 0.6) is 0 Å². The number of fused-ring (bicyclic) bond motifs is 1. The summed E-state index contributed by atoms with van der Waals surface area (Å²) in [5, 5.41) is 6.51. The number of nitrogens with one attached hydrogen (secondary N) is 2. The molecule has 0 bridgehead atoms. The molecule has 104 valence electrons. The molecule has 19 heavy (non-hydrogen) atoms. The van der Waals surface area contributed by atoms with Gasteiger partial charge in [0.05, 0.1) is 6.54 Å². The number of hydrogen-bond donors (Lipinski definition) is 2. The van der Waals surface area contributed by atoms with Crippen molar-refractivity contribution < 1.29 is 4.79 Å². The number of aryl methyl sites for hydroxylation is 2. The van der Waals surface area contributed by atoms with Crippen LogP contribution in [0.1, 0.15) is 41.5 Å². The van der Waals surface area contributed by atoms with Crippen LogP contribution in [-0.2, 0) is 24.2 Å². The van der Waals surface area contributed by atoms with Crippen molar-refractivity contribution in [1.82, 2.24) is 10.6 Å². The van der Waals surface area contributed by atoms with Crippen molar-refractivity contribution in [3.63, 3.8) is 0 Å².